The monoisotopic (exact) mass is 1550 g/mol. The van der Waals surface area contributed by atoms with E-state index < -0.39 is 0 Å². The number of hydrogen-bond acceptors (Lipinski definition) is 8. The van der Waals surface area contributed by atoms with Crippen molar-refractivity contribution in [3.05, 3.63) is 272 Å². The largest absolute Gasteiger partial charge is 0.458 e. The highest BCUT2D eigenvalue weighted by Crippen LogP contribution is 2.55. The summed E-state index contributed by atoms with van der Waals surface area (Å²) in [5.41, 5.74) is 44.2. The molecule has 2 aromatic heterocycles. The second-order valence-electron chi connectivity index (χ2n) is 40.1. The van der Waals surface area contributed by atoms with Crippen molar-refractivity contribution in [1.82, 2.24) is 0 Å². The van der Waals surface area contributed by atoms with Crippen molar-refractivity contribution in [2.24, 2.45) is 0 Å². The summed E-state index contributed by atoms with van der Waals surface area (Å²) in [5, 5.41) is 2.59. The fourth-order valence-corrected chi connectivity index (χ4v) is 23.3. The summed E-state index contributed by atoms with van der Waals surface area (Å²) in [4.78, 5) is 13.3. The smallest absolute Gasteiger partial charge is 0.264 e. The van der Waals surface area contributed by atoms with E-state index in [1.807, 2.05) is 22.7 Å². The lowest BCUT2D eigenvalue weighted by molar-refractivity contribution is 0.487. The maximum absolute atomic E-state index is 7.97. The number of benzene rings is 12. The Morgan fingerprint density at radius 2 is 0.560 bits per heavy atom. The third-order valence-electron chi connectivity index (χ3n) is 26.2. The van der Waals surface area contributed by atoms with Crippen LogP contribution in [0.5, 0.6) is 11.5 Å². The Labute approximate surface area is 697 Å². The van der Waals surface area contributed by atoms with Crippen molar-refractivity contribution in [2.75, 3.05) is 24.5 Å². The van der Waals surface area contributed by atoms with E-state index in [2.05, 4.69) is 385 Å². The average molecular weight is 1550 g/mol. The van der Waals surface area contributed by atoms with Gasteiger partial charge in [-0.15, -0.1) is 22.7 Å². The van der Waals surface area contributed by atoms with Gasteiger partial charge in [0.1, 0.15) is 11.5 Å². The van der Waals surface area contributed by atoms with Crippen molar-refractivity contribution in [1.29, 1.82) is 0 Å². The number of ether oxygens (including phenoxy) is 1. The van der Waals surface area contributed by atoms with Crippen LogP contribution in [0, 0.1) is 62.3 Å². The lowest BCUT2D eigenvalue weighted by Crippen LogP contribution is -2.65. The topological polar surface area (TPSA) is 25.4 Å². The minimum atomic E-state index is -0.277. The molecule has 0 atom stereocenters. The van der Waals surface area contributed by atoms with E-state index in [1.54, 1.807) is 0 Å². The standard InChI is InChI=1S/C105H104B3N5OS2/c1-57-41-62(6)95(63(7)42-57)112-81-55-80-77(107-92-83(109(80)71-33-25-66(26-34-71)101(10,11)12)45-59(3)46-84(92)110(72-35-27-67(28-36-72)102(13,14)15)97-74-51-69(104(19,20)21)31-39-90(74)115-99(97)107)53-76(81)106-79-54-78-82(56-88(79)114-89-50-61(5)49-87(112)94(89)106)113(96-64(8)43-58(2)44-65(96)9)86-48-60(4)47-85-93(86)108(78)100-98(75-52-70(105(22,23)24)32-40-91(75)116-100)111(85)73-37-29-68(30-38-73)103(16,17)18/h25-56H,1-24H3. The molecule has 20 rings (SSSR count). The first kappa shape index (κ1) is 74.4. The lowest BCUT2D eigenvalue weighted by Gasteiger charge is -2.47. The summed E-state index contributed by atoms with van der Waals surface area (Å²) in [6.07, 6.45) is 0. The van der Waals surface area contributed by atoms with Crippen molar-refractivity contribution in [3.63, 3.8) is 0 Å². The van der Waals surface area contributed by atoms with Gasteiger partial charge in [-0.05, 0) is 298 Å². The Hall–Kier alpha value is -10.4. The zero-order valence-corrected chi connectivity index (χ0v) is 73.8. The normalized spacial score (nSPS) is 14.5. The van der Waals surface area contributed by atoms with Gasteiger partial charge in [-0.1, -0.05) is 200 Å². The molecular weight excluding hydrogens is 1440 g/mol. The molecule has 0 N–H and O–H groups in total. The van der Waals surface area contributed by atoms with Crippen LogP contribution in [-0.2, 0) is 27.1 Å². The molecule has 6 aliphatic heterocycles. The van der Waals surface area contributed by atoms with Gasteiger partial charge >= 0.3 is 0 Å². The van der Waals surface area contributed by atoms with Crippen LogP contribution in [0.25, 0.3) is 20.2 Å². The van der Waals surface area contributed by atoms with Crippen LogP contribution in [0.1, 0.15) is 182 Å². The molecule has 14 aromatic rings. The van der Waals surface area contributed by atoms with Crippen LogP contribution in [0.2, 0.25) is 0 Å². The minimum absolute atomic E-state index is 0.0215. The van der Waals surface area contributed by atoms with Crippen LogP contribution in [0.4, 0.5) is 85.3 Å². The first-order valence-corrected chi connectivity index (χ1v) is 43.6. The van der Waals surface area contributed by atoms with E-state index in [9.17, 15) is 0 Å². The minimum Gasteiger partial charge on any atom is -0.458 e. The van der Waals surface area contributed by atoms with Gasteiger partial charge < -0.3 is 29.2 Å². The summed E-state index contributed by atoms with van der Waals surface area (Å²) in [7, 11) is 0. The molecule has 0 saturated carbocycles. The van der Waals surface area contributed by atoms with Crippen molar-refractivity contribution in [2.45, 2.75) is 193 Å². The van der Waals surface area contributed by atoms with Gasteiger partial charge in [-0.2, -0.15) is 0 Å². The summed E-state index contributed by atoms with van der Waals surface area (Å²) in [6.45, 7) is 55.2. The van der Waals surface area contributed by atoms with E-state index in [0.29, 0.717) is 0 Å². The third kappa shape index (κ3) is 11.2. The molecule has 8 heterocycles. The maximum atomic E-state index is 7.97. The molecule has 0 radical (unpaired) electrons. The van der Waals surface area contributed by atoms with Crippen molar-refractivity contribution >= 4 is 196 Å². The molecule has 11 heteroatoms. The number of nitrogens with zero attached hydrogens (tertiary/aromatic N) is 5. The van der Waals surface area contributed by atoms with Crippen LogP contribution >= 0.6 is 22.7 Å². The van der Waals surface area contributed by atoms with E-state index in [-0.39, 0.29) is 47.2 Å². The van der Waals surface area contributed by atoms with Gasteiger partial charge in [-0.3, -0.25) is 0 Å². The van der Waals surface area contributed by atoms with E-state index in [0.717, 1.165) is 34.1 Å². The molecule has 6 aliphatic rings. The van der Waals surface area contributed by atoms with Crippen molar-refractivity contribution in [3.8, 4) is 11.5 Å². The maximum Gasteiger partial charge on any atom is 0.264 e. The first-order valence-electron chi connectivity index (χ1n) is 41.9. The second kappa shape index (κ2) is 25.3. The molecule has 0 spiro atoms. The molecule has 0 saturated heterocycles. The van der Waals surface area contributed by atoms with Crippen LogP contribution in [-0.4, -0.2) is 20.1 Å². The molecule has 0 unspecified atom stereocenters. The predicted octanol–water partition coefficient (Wildman–Crippen LogP) is 23.9. The second-order valence-corrected chi connectivity index (χ2v) is 42.2. The zero-order chi connectivity index (χ0) is 81.3. The molecule has 12 aromatic carbocycles. The lowest BCUT2D eigenvalue weighted by atomic mass is 9.30. The van der Waals surface area contributed by atoms with Crippen LogP contribution in [0.15, 0.2) is 194 Å². The van der Waals surface area contributed by atoms with E-state index >= 15 is 0 Å². The SMILES string of the molecule is Cc1cc(C)c(N2c3cc4c(cc3B3c5cc6c(cc5Oc5cc(C)cc2c53)N(c2c(C)cc(C)cc2C)c2cc(C)cc3c2B6c2sc5ccc(C(C)(C)C)cc5c2N3c2ccc(C(C)(C)C)cc2)B2c3sc5ccc(C(C)(C)C)cc5c3N(c3ccc(C(C)(C)C)cc3)c3cc(C)cc(c32)N4c2ccc(C(C)(C)C)cc2)c(C)c1. The molecule has 0 fully saturated rings. The Kier molecular flexibility index (Phi) is 16.2. The molecule has 0 aliphatic carbocycles. The highest BCUT2D eigenvalue weighted by molar-refractivity contribution is 7.34. The molecular formula is C105H104B3N5OS2. The Morgan fingerprint density at radius 1 is 0.250 bits per heavy atom. The molecule has 0 amide bonds. The number of rotatable bonds is 5. The Morgan fingerprint density at radius 3 is 0.957 bits per heavy atom. The van der Waals surface area contributed by atoms with Gasteiger partial charge in [0.25, 0.3) is 20.1 Å². The summed E-state index contributed by atoms with van der Waals surface area (Å²) >= 11 is 3.98. The Bertz CT molecular complexity index is 6560. The molecule has 6 nitrogen and oxygen atoms in total. The Balaban J connectivity index is 0.911. The molecule has 116 heavy (non-hydrogen) atoms. The van der Waals surface area contributed by atoms with E-state index in [1.165, 1.54) is 209 Å². The average Bonchev–Trinajstić information content (AvgIpc) is 1.12. The summed E-state index contributed by atoms with van der Waals surface area (Å²) < 4.78 is 13.3. The molecule has 576 valence electrons. The highest BCUT2D eigenvalue weighted by atomic mass is 32.1. The number of thiophene rings is 2. The highest BCUT2D eigenvalue weighted by Gasteiger charge is 2.53. The number of anilines is 15. The number of aryl methyl sites for hydroxylation is 9. The van der Waals surface area contributed by atoms with Crippen LogP contribution in [0.3, 0.4) is 0 Å². The van der Waals surface area contributed by atoms with E-state index in [4.69, 9.17) is 4.74 Å². The first-order chi connectivity index (χ1) is 54.9. The van der Waals surface area contributed by atoms with Gasteiger partial charge in [-0.25, -0.2) is 0 Å². The predicted molar refractivity (Wildman–Crippen MR) is 507 cm³/mol. The van der Waals surface area contributed by atoms with Gasteiger partial charge in [0.2, 0.25) is 0 Å². The zero-order valence-electron chi connectivity index (χ0n) is 72.2. The molecule has 0 bridgehead atoms. The fraction of sp³-hybridized carbons (Fsp3) is 0.276. The van der Waals surface area contributed by atoms with Crippen molar-refractivity contribution < 1.29 is 4.74 Å². The van der Waals surface area contributed by atoms with Gasteiger partial charge in [0, 0.05) is 98.4 Å². The van der Waals surface area contributed by atoms with Gasteiger partial charge in [0.05, 0.1) is 22.7 Å². The summed E-state index contributed by atoms with van der Waals surface area (Å²) in [5.74, 6) is 1.79. The van der Waals surface area contributed by atoms with Gasteiger partial charge in [0.15, 0.2) is 0 Å². The third-order valence-corrected chi connectivity index (χ3v) is 28.6. The summed E-state index contributed by atoms with van der Waals surface area (Å²) in [6, 6.07) is 78.4. The number of hydrogen-bond donors (Lipinski definition) is 0. The quantitative estimate of drug-likeness (QED) is 0.159. The number of fused-ring (bicyclic) bond motifs is 16. The van der Waals surface area contributed by atoms with Crippen LogP contribution < -0.4 is 77.0 Å². The fourth-order valence-electron chi connectivity index (χ4n) is 20.7.